The number of aromatic nitrogens is 2. The third kappa shape index (κ3) is 3.03. The second kappa shape index (κ2) is 5.57. The predicted octanol–water partition coefficient (Wildman–Crippen LogP) is 0.564. The van der Waals surface area contributed by atoms with Crippen LogP contribution in [0.4, 0.5) is 0 Å². The van der Waals surface area contributed by atoms with Gasteiger partial charge in [-0.3, -0.25) is 9.78 Å². The standard InChI is InChI=1S/C12H15N3O3/c1-9-6-14-10(7-13-9)12(17)18-8-11(16)15-4-2-3-5-15/h6-7H,2-5,8H2,1H3. The van der Waals surface area contributed by atoms with Gasteiger partial charge >= 0.3 is 5.97 Å². The zero-order chi connectivity index (χ0) is 13.0. The topological polar surface area (TPSA) is 72.4 Å². The van der Waals surface area contributed by atoms with Crippen molar-refractivity contribution in [1.82, 2.24) is 14.9 Å². The largest absolute Gasteiger partial charge is 0.451 e. The maximum atomic E-state index is 11.6. The van der Waals surface area contributed by atoms with Crippen molar-refractivity contribution in [1.29, 1.82) is 0 Å². The lowest BCUT2D eigenvalue weighted by atomic mass is 10.4. The van der Waals surface area contributed by atoms with Crippen molar-refractivity contribution in [3.05, 3.63) is 23.8 Å². The van der Waals surface area contributed by atoms with Gasteiger partial charge in [0.1, 0.15) is 0 Å². The number of carbonyl (C=O) groups is 2. The molecule has 1 amide bonds. The number of esters is 1. The molecule has 18 heavy (non-hydrogen) atoms. The highest BCUT2D eigenvalue weighted by atomic mass is 16.5. The van der Waals surface area contributed by atoms with E-state index in [0.29, 0.717) is 0 Å². The first kappa shape index (κ1) is 12.5. The minimum atomic E-state index is -0.616. The molecule has 0 aliphatic carbocycles. The zero-order valence-electron chi connectivity index (χ0n) is 10.3. The third-order valence-electron chi connectivity index (χ3n) is 2.78. The van der Waals surface area contributed by atoms with E-state index in [2.05, 4.69) is 9.97 Å². The fraction of sp³-hybridized carbons (Fsp3) is 0.500. The van der Waals surface area contributed by atoms with Crippen molar-refractivity contribution in [2.75, 3.05) is 19.7 Å². The van der Waals surface area contributed by atoms with Crippen molar-refractivity contribution < 1.29 is 14.3 Å². The molecule has 0 unspecified atom stereocenters. The molecule has 1 fully saturated rings. The molecular formula is C12H15N3O3. The highest BCUT2D eigenvalue weighted by molar-refractivity contribution is 5.89. The molecule has 0 atom stereocenters. The summed E-state index contributed by atoms with van der Waals surface area (Å²) >= 11 is 0. The maximum Gasteiger partial charge on any atom is 0.359 e. The van der Waals surface area contributed by atoms with Gasteiger partial charge in [-0.25, -0.2) is 9.78 Å². The van der Waals surface area contributed by atoms with Gasteiger partial charge in [-0.1, -0.05) is 0 Å². The van der Waals surface area contributed by atoms with Gasteiger partial charge < -0.3 is 9.64 Å². The summed E-state index contributed by atoms with van der Waals surface area (Å²) < 4.78 is 4.91. The Labute approximate surface area is 105 Å². The molecule has 0 spiro atoms. The summed E-state index contributed by atoms with van der Waals surface area (Å²) in [5.41, 5.74) is 0.842. The van der Waals surface area contributed by atoms with E-state index in [0.717, 1.165) is 31.6 Å². The molecule has 1 aliphatic rings. The van der Waals surface area contributed by atoms with E-state index >= 15 is 0 Å². The molecule has 6 heteroatoms. The second-order valence-corrected chi connectivity index (χ2v) is 4.21. The third-order valence-corrected chi connectivity index (χ3v) is 2.78. The highest BCUT2D eigenvalue weighted by Gasteiger charge is 2.19. The van der Waals surface area contributed by atoms with Gasteiger partial charge in [-0.05, 0) is 19.8 Å². The molecule has 1 aromatic heterocycles. The molecule has 1 aromatic rings. The predicted molar refractivity (Wildman–Crippen MR) is 62.9 cm³/mol. The number of ether oxygens (including phenoxy) is 1. The zero-order valence-corrected chi connectivity index (χ0v) is 10.3. The molecular weight excluding hydrogens is 234 g/mol. The van der Waals surface area contributed by atoms with Crippen LogP contribution in [0.5, 0.6) is 0 Å². The van der Waals surface area contributed by atoms with Gasteiger partial charge in [0.2, 0.25) is 0 Å². The lowest BCUT2D eigenvalue weighted by Gasteiger charge is -2.14. The van der Waals surface area contributed by atoms with Crippen LogP contribution in [0.3, 0.4) is 0 Å². The first-order chi connectivity index (χ1) is 8.66. The first-order valence-electron chi connectivity index (χ1n) is 5.90. The Balaban J connectivity index is 1.84. The van der Waals surface area contributed by atoms with Gasteiger partial charge in [0, 0.05) is 19.3 Å². The fourth-order valence-corrected chi connectivity index (χ4v) is 1.76. The summed E-state index contributed by atoms with van der Waals surface area (Å²) in [5.74, 6) is -0.768. The smallest absolute Gasteiger partial charge is 0.359 e. The number of nitrogens with zero attached hydrogens (tertiary/aromatic N) is 3. The van der Waals surface area contributed by atoms with E-state index in [-0.39, 0.29) is 18.2 Å². The molecule has 96 valence electrons. The summed E-state index contributed by atoms with van der Waals surface area (Å²) in [4.78, 5) is 32.8. The van der Waals surface area contributed by atoms with Crippen molar-refractivity contribution in [3.8, 4) is 0 Å². The van der Waals surface area contributed by atoms with E-state index in [1.165, 1.54) is 12.4 Å². The Kier molecular flexibility index (Phi) is 3.86. The normalized spacial score (nSPS) is 14.6. The quantitative estimate of drug-likeness (QED) is 0.732. The molecule has 6 nitrogen and oxygen atoms in total. The molecule has 0 radical (unpaired) electrons. The van der Waals surface area contributed by atoms with Crippen LogP contribution in [-0.2, 0) is 9.53 Å². The Morgan fingerprint density at radius 1 is 1.28 bits per heavy atom. The van der Waals surface area contributed by atoms with Crippen LogP contribution < -0.4 is 0 Å². The minimum Gasteiger partial charge on any atom is -0.451 e. The van der Waals surface area contributed by atoms with Crippen LogP contribution in [0.25, 0.3) is 0 Å². The Bertz CT molecular complexity index is 438. The Morgan fingerprint density at radius 3 is 2.61 bits per heavy atom. The lowest BCUT2D eigenvalue weighted by Crippen LogP contribution is -2.32. The molecule has 1 saturated heterocycles. The number of aryl methyl sites for hydroxylation is 1. The summed E-state index contributed by atoms with van der Waals surface area (Å²) in [5, 5.41) is 0. The number of likely N-dealkylation sites (tertiary alicyclic amines) is 1. The molecule has 2 rings (SSSR count). The van der Waals surface area contributed by atoms with Crippen LogP contribution in [0.2, 0.25) is 0 Å². The van der Waals surface area contributed by atoms with Gasteiger partial charge in [-0.2, -0.15) is 0 Å². The summed E-state index contributed by atoms with van der Waals surface area (Å²) in [6.07, 6.45) is 4.86. The average Bonchev–Trinajstić information content (AvgIpc) is 2.90. The lowest BCUT2D eigenvalue weighted by molar-refractivity contribution is -0.133. The highest BCUT2D eigenvalue weighted by Crippen LogP contribution is 2.07. The first-order valence-corrected chi connectivity index (χ1v) is 5.90. The van der Waals surface area contributed by atoms with Gasteiger partial charge in [0.05, 0.1) is 11.9 Å². The number of amides is 1. The monoisotopic (exact) mass is 249 g/mol. The summed E-state index contributed by atoms with van der Waals surface area (Å²) in [6, 6.07) is 0. The van der Waals surface area contributed by atoms with E-state index in [4.69, 9.17) is 4.74 Å². The maximum absolute atomic E-state index is 11.6. The summed E-state index contributed by atoms with van der Waals surface area (Å²) in [7, 11) is 0. The molecule has 0 N–H and O–H groups in total. The van der Waals surface area contributed by atoms with E-state index in [1.54, 1.807) is 11.8 Å². The van der Waals surface area contributed by atoms with Crippen LogP contribution in [0, 0.1) is 6.92 Å². The van der Waals surface area contributed by atoms with Crippen LogP contribution in [0.1, 0.15) is 29.0 Å². The number of carbonyl (C=O) groups excluding carboxylic acids is 2. The van der Waals surface area contributed by atoms with E-state index < -0.39 is 5.97 Å². The van der Waals surface area contributed by atoms with E-state index in [9.17, 15) is 9.59 Å². The SMILES string of the molecule is Cc1cnc(C(=O)OCC(=O)N2CCCC2)cn1. The number of hydrogen-bond acceptors (Lipinski definition) is 5. The number of rotatable bonds is 3. The van der Waals surface area contributed by atoms with Crippen molar-refractivity contribution in [2.24, 2.45) is 0 Å². The Morgan fingerprint density at radius 2 is 2.00 bits per heavy atom. The van der Waals surface area contributed by atoms with Crippen molar-refractivity contribution in [3.63, 3.8) is 0 Å². The summed E-state index contributed by atoms with van der Waals surface area (Å²) in [6.45, 7) is 3.05. The van der Waals surface area contributed by atoms with Gasteiger partial charge in [0.25, 0.3) is 5.91 Å². The van der Waals surface area contributed by atoms with Gasteiger partial charge in [-0.15, -0.1) is 0 Å². The fourth-order valence-electron chi connectivity index (χ4n) is 1.76. The van der Waals surface area contributed by atoms with Crippen LogP contribution >= 0.6 is 0 Å². The van der Waals surface area contributed by atoms with Gasteiger partial charge in [0.15, 0.2) is 12.3 Å². The van der Waals surface area contributed by atoms with Crippen molar-refractivity contribution >= 4 is 11.9 Å². The molecule has 2 heterocycles. The van der Waals surface area contributed by atoms with Crippen LogP contribution in [-0.4, -0.2) is 46.4 Å². The second-order valence-electron chi connectivity index (χ2n) is 4.21. The minimum absolute atomic E-state index is 0.120. The molecule has 0 bridgehead atoms. The molecule has 0 saturated carbocycles. The van der Waals surface area contributed by atoms with Crippen molar-refractivity contribution in [2.45, 2.75) is 19.8 Å². The molecule has 0 aromatic carbocycles. The number of hydrogen-bond donors (Lipinski definition) is 0. The Hall–Kier alpha value is -1.98. The van der Waals surface area contributed by atoms with E-state index in [1.807, 2.05) is 0 Å². The van der Waals surface area contributed by atoms with Crippen LogP contribution in [0.15, 0.2) is 12.4 Å². The average molecular weight is 249 g/mol. The molecule has 1 aliphatic heterocycles.